The van der Waals surface area contributed by atoms with E-state index in [1.165, 1.54) is 19.5 Å². The SMILES string of the molecule is Cc1nc(COC2CSC3(C2)CN(C)C3)cs1.O=C(O)C(F)(F)F. The van der Waals surface area contributed by atoms with Crippen LogP contribution in [0, 0.1) is 6.92 Å². The lowest BCUT2D eigenvalue weighted by atomic mass is 9.94. The monoisotopic (exact) mass is 384 g/mol. The van der Waals surface area contributed by atoms with Crippen molar-refractivity contribution in [2.45, 2.75) is 37.0 Å². The maximum absolute atomic E-state index is 10.6. The van der Waals surface area contributed by atoms with Crippen LogP contribution in [0.5, 0.6) is 0 Å². The number of thiazole rings is 1. The smallest absolute Gasteiger partial charge is 0.475 e. The van der Waals surface area contributed by atoms with E-state index in [0.717, 1.165) is 16.5 Å². The van der Waals surface area contributed by atoms with Gasteiger partial charge in [0.15, 0.2) is 0 Å². The number of nitrogens with zero attached hydrogens (tertiary/aromatic N) is 2. The van der Waals surface area contributed by atoms with Crippen molar-refractivity contribution in [3.63, 3.8) is 0 Å². The Morgan fingerprint density at radius 3 is 2.62 bits per heavy atom. The standard InChI is InChI=1S/C12H18N2OS2.C2HF3O2/c1-9-13-10(5-16-9)4-15-11-3-12(17-6-11)7-14(2)8-12;3-2(4,5)1(6)7/h5,11H,3-4,6-8H2,1-2H3;(H,6,7). The van der Waals surface area contributed by atoms with Crippen molar-refractivity contribution in [3.8, 4) is 0 Å². The molecule has 1 spiro atoms. The van der Waals surface area contributed by atoms with Crippen LogP contribution in [0.3, 0.4) is 0 Å². The molecule has 1 N–H and O–H groups in total. The number of thioether (sulfide) groups is 1. The number of ether oxygens (including phenoxy) is 1. The highest BCUT2D eigenvalue weighted by molar-refractivity contribution is 8.01. The van der Waals surface area contributed by atoms with Crippen molar-refractivity contribution in [1.82, 2.24) is 9.88 Å². The van der Waals surface area contributed by atoms with Gasteiger partial charge in [0, 0.05) is 29.0 Å². The minimum atomic E-state index is -5.08. The Kier molecular flexibility index (Phi) is 6.16. The van der Waals surface area contributed by atoms with Gasteiger partial charge in [-0.3, -0.25) is 0 Å². The molecule has 1 atom stereocenters. The molecule has 10 heteroatoms. The summed E-state index contributed by atoms with van der Waals surface area (Å²) in [6, 6.07) is 0. The van der Waals surface area contributed by atoms with Crippen LogP contribution in [0.25, 0.3) is 0 Å². The zero-order chi connectivity index (χ0) is 18.0. The first-order chi connectivity index (χ1) is 11.1. The number of rotatable bonds is 3. The van der Waals surface area contributed by atoms with Crippen LogP contribution in [-0.4, -0.2) is 63.9 Å². The number of likely N-dealkylation sites (tertiary alicyclic amines) is 1. The number of hydrogen-bond donors (Lipinski definition) is 1. The molecule has 3 rings (SSSR count). The number of halogens is 3. The Morgan fingerprint density at radius 1 is 1.54 bits per heavy atom. The minimum Gasteiger partial charge on any atom is -0.475 e. The average molecular weight is 384 g/mol. The fourth-order valence-electron chi connectivity index (χ4n) is 2.75. The van der Waals surface area contributed by atoms with E-state index in [9.17, 15) is 13.2 Å². The molecule has 5 nitrogen and oxygen atoms in total. The predicted octanol–water partition coefficient (Wildman–Crippen LogP) is 2.79. The number of alkyl halides is 3. The Labute approximate surface area is 146 Å². The van der Waals surface area contributed by atoms with Gasteiger partial charge in [-0.1, -0.05) is 0 Å². The van der Waals surface area contributed by atoms with Crippen LogP contribution in [-0.2, 0) is 16.1 Å². The Morgan fingerprint density at radius 2 is 2.17 bits per heavy atom. The number of aliphatic carboxylic acids is 1. The summed E-state index contributed by atoms with van der Waals surface area (Å²) in [6.45, 7) is 5.18. The summed E-state index contributed by atoms with van der Waals surface area (Å²) in [6.07, 6.45) is -3.44. The van der Waals surface area contributed by atoms with Gasteiger partial charge in [-0.25, -0.2) is 9.78 Å². The van der Waals surface area contributed by atoms with Crippen LogP contribution >= 0.6 is 23.1 Å². The predicted molar refractivity (Wildman–Crippen MR) is 86.4 cm³/mol. The molecule has 0 bridgehead atoms. The third-order valence-corrected chi connectivity index (χ3v) is 6.07. The van der Waals surface area contributed by atoms with Crippen LogP contribution in [0.15, 0.2) is 5.38 Å². The number of carboxylic acid groups (broad SMARTS) is 1. The van der Waals surface area contributed by atoms with Gasteiger partial charge in [-0.2, -0.15) is 13.2 Å². The van der Waals surface area contributed by atoms with E-state index in [1.54, 1.807) is 11.3 Å². The molecule has 2 fully saturated rings. The fraction of sp³-hybridized carbons (Fsp3) is 0.714. The van der Waals surface area contributed by atoms with Crippen LogP contribution in [0.1, 0.15) is 17.1 Å². The molecule has 1 aromatic heterocycles. The van der Waals surface area contributed by atoms with Crippen molar-refractivity contribution in [1.29, 1.82) is 0 Å². The summed E-state index contributed by atoms with van der Waals surface area (Å²) in [4.78, 5) is 15.7. The first-order valence-corrected chi connectivity index (χ1v) is 9.11. The fourth-order valence-corrected chi connectivity index (χ4v) is 5.02. The molecule has 0 aromatic carbocycles. The lowest BCUT2D eigenvalue weighted by Gasteiger charge is -2.45. The van der Waals surface area contributed by atoms with Gasteiger partial charge in [-0.15, -0.1) is 23.1 Å². The van der Waals surface area contributed by atoms with Crippen LogP contribution in [0.2, 0.25) is 0 Å². The van der Waals surface area contributed by atoms with E-state index >= 15 is 0 Å². The maximum Gasteiger partial charge on any atom is 0.490 e. The third-order valence-electron chi connectivity index (χ3n) is 3.67. The molecule has 0 radical (unpaired) electrons. The van der Waals surface area contributed by atoms with Crippen molar-refractivity contribution in [2.75, 3.05) is 25.9 Å². The molecule has 24 heavy (non-hydrogen) atoms. The van der Waals surface area contributed by atoms with E-state index < -0.39 is 12.1 Å². The van der Waals surface area contributed by atoms with E-state index in [0.29, 0.717) is 17.5 Å². The largest absolute Gasteiger partial charge is 0.490 e. The molecule has 0 aliphatic carbocycles. The first-order valence-electron chi connectivity index (χ1n) is 7.25. The van der Waals surface area contributed by atoms with Crippen molar-refractivity contribution >= 4 is 29.1 Å². The molecule has 2 aliphatic rings. The summed E-state index contributed by atoms with van der Waals surface area (Å²) >= 11 is 3.80. The van der Waals surface area contributed by atoms with Crippen molar-refractivity contribution in [2.24, 2.45) is 0 Å². The number of aromatic nitrogens is 1. The Balaban J connectivity index is 0.000000256. The molecular weight excluding hydrogens is 365 g/mol. The normalized spacial score (nSPS) is 22.8. The molecule has 0 saturated carbocycles. The number of carbonyl (C=O) groups is 1. The lowest BCUT2D eigenvalue weighted by Crippen LogP contribution is -2.56. The molecule has 2 saturated heterocycles. The molecule has 1 unspecified atom stereocenters. The van der Waals surface area contributed by atoms with Gasteiger partial charge in [0.2, 0.25) is 0 Å². The van der Waals surface area contributed by atoms with Crippen molar-refractivity contribution in [3.05, 3.63) is 16.1 Å². The molecule has 2 aliphatic heterocycles. The van der Waals surface area contributed by atoms with Gasteiger partial charge in [0.1, 0.15) is 0 Å². The first kappa shape index (κ1) is 19.5. The zero-order valence-electron chi connectivity index (χ0n) is 13.3. The Hall–Kier alpha value is -0.840. The summed E-state index contributed by atoms with van der Waals surface area (Å²) in [7, 11) is 2.19. The van der Waals surface area contributed by atoms with Gasteiger partial charge >= 0.3 is 12.1 Å². The molecular formula is C14H19F3N2O3S2. The minimum absolute atomic E-state index is 0.427. The number of hydrogen-bond acceptors (Lipinski definition) is 6. The highest BCUT2D eigenvalue weighted by atomic mass is 32.2. The summed E-state index contributed by atoms with van der Waals surface area (Å²) in [5, 5.41) is 10.4. The summed E-state index contributed by atoms with van der Waals surface area (Å²) in [5.74, 6) is -1.61. The lowest BCUT2D eigenvalue weighted by molar-refractivity contribution is -0.192. The van der Waals surface area contributed by atoms with Gasteiger partial charge in [0.05, 0.1) is 23.4 Å². The maximum atomic E-state index is 10.6. The number of aryl methyl sites for hydroxylation is 1. The van der Waals surface area contributed by atoms with Gasteiger partial charge in [-0.05, 0) is 20.4 Å². The highest BCUT2D eigenvalue weighted by Gasteiger charge is 2.47. The van der Waals surface area contributed by atoms with Crippen molar-refractivity contribution < 1.29 is 27.8 Å². The second kappa shape index (κ2) is 7.59. The molecule has 0 amide bonds. The molecule has 136 valence electrons. The third kappa shape index (κ3) is 5.33. The molecule has 1 aromatic rings. The van der Waals surface area contributed by atoms with Crippen LogP contribution in [0.4, 0.5) is 13.2 Å². The average Bonchev–Trinajstić information content (AvgIpc) is 3.03. The highest BCUT2D eigenvalue weighted by Crippen LogP contribution is 2.45. The van der Waals surface area contributed by atoms with E-state index in [2.05, 4.69) is 34.1 Å². The second-order valence-corrected chi connectivity index (χ2v) is 8.51. The number of carboxylic acids is 1. The van der Waals surface area contributed by atoms with E-state index in [-0.39, 0.29) is 0 Å². The molecule has 3 heterocycles. The van der Waals surface area contributed by atoms with E-state index in [1.807, 2.05) is 6.92 Å². The summed E-state index contributed by atoms with van der Waals surface area (Å²) in [5.41, 5.74) is 1.09. The zero-order valence-corrected chi connectivity index (χ0v) is 14.9. The Bertz CT molecular complexity index is 574. The second-order valence-electron chi connectivity index (χ2n) is 5.96. The summed E-state index contributed by atoms with van der Waals surface area (Å²) < 4.78 is 38.2. The topological polar surface area (TPSA) is 62.7 Å². The van der Waals surface area contributed by atoms with Gasteiger partial charge < -0.3 is 14.7 Å². The van der Waals surface area contributed by atoms with Crippen LogP contribution < -0.4 is 0 Å². The van der Waals surface area contributed by atoms with E-state index in [4.69, 9.17) is 14.6 Å². The van der Waals surface area contributed by atoms with Gasteiger partial charge in [0.25, 0.3) is 0 Å². The quantitative estimate of drug-likeness (QED) is 0.865.